The third kappa shape index (κ3) is 1.98. The van der Waals surface area contributed by atoms with Gasteiger partial charge in [-0.1, -0.05) is 12.5 Å². The molecule has 0 spiro atoms. The van der Waals surface area contributed by atoms with Crippen LogP contribution < -0.4 is 0 Å². The number of carboxylic acid groups (broad SMARTS) is 1. The highest BCUT2D eigenvalue weighted by Crippen LogP contribution is 2.37. The zero-order valence-corrected chi connectivity index (χ0v) is 8.35. The zero-order valence-electron chi connectivity index (χ0n) is 8.35. The Morgan fingerprint density at radius 1 is 1.43 bits per heavy atom. The fourth-order valence-corrected chi connectivity index (χ4v) is 2.85. The van der Waals surface area contributed by atoms with Crippen LogP contribution in [0.2, 0.25) is 0 Å². The van der Waals surface area contributed by atoms with Crippen molar-refractivity contribution in [3.8, 4) is 0 Å². The van der Waals surface area contributed by atoms with Crippen LogP contribution >= 0.6 is 0 Å². The van der Waals surface area contributed by atoms with Crippen LogP contribution in [0.25, 0.3) is 0 Å². The van der Waals surface area contributed by atoms with Crippen molar-refractivity contribution in [2.24, 2.45) is 5.92 Å². The molecule has 1 heterocycles. The van der Waals surface area contributed by atoms with Gasteiger partial charge in [-0.15, -0.1) is 0 Å². The molecule has 2 aliphatic rings. The Hall–Kier alpha value is -0.830. The van der Waals surface area contributed by atoms with E-state index in [4.69, 9.17) is 5.11 Å². The third-order valence-electron chi connectivity index (χ3n) is 3.48. The van der Waals surface area contributed by atoms with Crippen LogP contribution in [0.5, 0.6) is 0 Å². The van der Waals surface area contributed by atoms with Gasteiger partial charge in [0.1, 0.15) is 0 Å². The van der Waals surface area contributed by atoms with Crippen molar-refractivity contribution in [3.05, 3.63) is 12.2 Å². The van der Waals surface area contributed by atoms with Crippen LogP contribution in [0.3, 0.4) is 0 Å². The Kier molecular flexibility index (Phi) is 2.87. The summed E-state index contributed by atoms with van der Waals surface area (Å²) < 4.78 is 0. The third-order valence-corrected chi connectivity index (χ3v) is 3.48. The molecule has 0 radical (unpaired) electrons. The highest BCUT2D eigenvalue weighted by Gasteiger charge is 2.36. The maximum Gasteiger partial charge on any atom is 0.328 e. The van der Waals surface area contributed by atoms with Gasteiger partial charge >= 0.3 is 5.97 Å². The number of hydrogen-bond donors (Lipinski definition) is 1. The second-order valence-corrected chi connectivity index (χ2v) is 4.28. The molecule has 0 aromatic heterocycles. The molecule has 2 atom stereocenters. The van der Waals surface area contributed by atoms with E-state index >= 15 is 0 Å². The van der Waals surface area contributed by atoms with Gasteiger partial charge in [0.15, 0.2) is 0 Å². The first-order valence-electron chi connectivity index (χ1n) is 5.41. The zero-order chi connectivity index (χ0) is 9.97. The summed E-state index contributed by atoms with van der Waals surface area (Å²) in [6.45, 7) is 1.97. The lowest BCUT2D eigenvalue weighted by Gasteiger charge is -2.21. The molecule has 0 aromatic carbocycles. The highest BCUT2D eigenvalue weighted by molar-refractivity contribution is 5.79. The van der Waals surface area contributed by atoms with Crippen molar-refractivity contribution in [2.45, 2.75) is 31.7 Å². The lowest BCUT2D eigenvalue weighted by Crippen LogP contribution is -2.30. The first kappa shape index (κ1) is 9.71. The summed E-state index contributed by atoms with van der Waals surface area (Å²) in [7, 11) is 0. The molecule has 2 unspecified atom stereocenters. The fraction of sp³-hybridized carbons (Fsp3) is 0.727. The molecule has 14 heavy (non-hydrogen) atoms. The van der Waals surface area contributed by atoms with Crippen LogP contribution in [-0.2, 0) is 4.79 Å². The molecule has 0 aromatic rings. The Morgan fingerprint density at radius 2 is 2.29 bits per heavy atom. The predicted octanol–water partition coefficient (Wildman–Crippen LogP) is 1.50. The van der Waals surface area contributed by atoms with E-state index in [1.165, 1.54) is 31.8 Å². The standard InChI is InChI=1S/C11H17NO2/c13-11(14)5-2-7-12-8-6-9-3-1-4-10(9)12/h2,5,9-10H,1,3-4,6-8H2,(H,13,14)/b5-2+. The number of carbonyl (C=O) groups is 1. The molecule has 3 heteroatoms. The summed E-state index contributed by atoms with van der Waals surface area (Å²) >= 11 is 0. The summed E-state index contributed by atoms with van der Waals surface area (Å²) in [5, 5.41) is 8.47. The number of aliphatic carboxylic acids is 1. The van der Waals surface area contributed by atoms with Crippen molar-refractivity contribution in [1.82, 2.24) is 4.90 Å². The molecule has 0 bridgehead atoms. The molecule has 78 valence electrons. The molecule has 1 saturated carbocycles. The molecule has 1 aliphatic carbocycles. The van der Waals surface area contributed by atoms with E-state index in [9.17, 15) is 4.79 Å². The van der Waals surface area contributed by atoms with Crippen molar-refractivity contribution < 1.29 is 9.90 Å². The van der Waals surface area contributed by atoms with E-state index in [-0.39, 0.29) is 0 Å². The maximum absolute atomic E-state index is 10.3. The van der Waals surface area contributed by atoms with Gasteiger partial charge in [0.05, 0.1) is 0 Å². The normalized spacial score (nSPS) is 32.6. The van der Waals surface area contributed by atoms with Crippen LogP contribution in [-0.4, -0.2) is 35.1 Å². The average molecular weight is 195 g/mol. The molecular formula is C11H17NO2. The predicted molar refractivity (Wildman–Crippen MR) is 54.1 cm³/mol. The summed E-state index contributed by atoms with van der Waals surface area (Å²) in [6.07, 6.45) is 8.38. The van der Waals surface area contributed by atoms with Gasteiger partial charge < -0.3 is 5.11 Å². The van der Waals surface area contributed by atoms with Gasteiger partial charge in [0, 0.05) is 18.7 Å². The number of fused-ring (bicyclic) bond motifs is 1. The van der Waals surface area contributed by atoms with Crippen molar-refractivity contribution in [3.63, 3.8) is 0 Å². The number of nitrogens with zero attached hydrogens (tertiary/aromatic N) is 1. The van der Waals surface area contributed by atoms with E-state index < -0.39 is 5.97 Å². The van der Waals surface area contributed by atoms with Crippen molar-refractivity contribution in [1.29, 1.82) is 0 Å². The molecular weight excluding hydrogens is 178 g/mol. The lowest BCUT2D eigenvalue weighted by atomic mass is 10.1. The second-order valence-electron chi connectivity index (χ2n) is 4.28. The summed E-state index contributed by atoms with van der Waals surface area (Å²) in [5.41, 5.74) is 0. The SMILES string of the molecule is O=C(O)/C=C/CN1CCC2CCCC21. The Balaban J connectivity index is 1.84. The largest absolute Gasteiger partial charge is 0.478 e. The van der Waals surface area contributed by atoms with Crippen LogP contribution in [0, 0.1) is 5.92 Å². The van der Waals surface area contributed by atoms with Crippen LogP contribution in [0.15, 0.2) is 12.2 Å². The number of likely N-dealkylation sites (tertiary alicyclic amines) is 1. The summed E-state index contributed by atoms with van der Waals surface area (Å²) in [4.78, 5) is 12.7. The fourth-order valence-electron chi connectivity index (χ4n) is 2.85. The van der Waals surface area contributed by atoms with Gasteiger partial charge in [-0.05, 0) is 31.7 Å². The van der Waals surface area contributed by atoms with E-state index in [1.807, 2.05) is 0 Å². The Labute approximate surface area is 84.4 Å². The quantitative estimate of drug-likeness (QED) is 0.694. The number of carboxylic acids is 1. The maximum atomic E-state index is 10.3. The van der Waals surface area contributed by atoms with E-state index in [2.05, 4.69) is 4.90 Å². The van der Waals surface area contributed by atoms with Crippen LogP contribution in [0.4, 0.5) is 0 Å². The summed E-state index contributed by atoms with van der Waals surface area (Å²) in [6, 6.07) is 0.744. The minimum absolute atomic E-state index is 0.744. The average Bonchev–Trinajstić information content (AvgIpc) is 2.67. The van der Waals surface area contributed by atoms with Gasteiger partial charge in [0.2, 0.25) is 0 Å². The summed E-state index contributed by atoms with van der Waals surface area (Å²) in [5.74, 6) is 0.0559. The second kappa shape index (κ2) is 4.13. The van der Waals surface area contributed by atoms with Crippen molar-refractivity contribution in [2.75, 3.05) is 13.1 Å². The van der Waals surface area contributed by atoms with E-state index in [1.54, 1.807) is 6.08 Å². The Bertz CT molecular complexity index is 250. The Morgan fingerprint density at radius 3 is 3.07 bits per heavy atom. The molecule has 1 N–H and O–H groups in total. The number of rotatable bonds is 3. The van der Waals surface area contributed by atoms with Gasteiger partial charge in [-0.2, -0.15) is 0 Å². The van der Waals surface area contributed by atoms with Crippen LogP contribution in [0.1, 0.15) is 25.7 Å². The topological polar surface area (TPSA) is 40.5 Å². The van der Waals surface area contributed by atoms with E-state index in [0.29, 0.717) is 0 Å². The first-order valence-corrected chi connectivity index (χ1v) is 5.41. The molecule has 3 nitrogen and oxygen atoms in total. The first-order chi connectivity index (χ1) is 6.77. The molecule has 0 amide bonds. The van der Waals surface area contributed by atoms with Gasteiger partial charge in [-0.25, -0.2) is 4.79 Å². The smallest absolute Gasteiger partial charge is 0.328 e. The highest BCUT2D eigenvalue weighted by atomic mass is 16.4. The monoisotopic (exact) mass is 195 g/mol. The van der Waals surface area contributed by atoms with Gasteiger partial charge in [-0.3, -0.25) is 4.90 Å². The molecule has 1 aliphatic heterocycles. The number of hydrogen-bond acceptors (Lipinski definition) is 2. The van der Waals surface area contributed by atoms with Gasteiger partial charge in [0.25, 0.3) is 0 Å². The minimum atomic E-state index is -0.841. The van der Waals surface area contributed by atoms with Crippen molar-refractivity contribution >= 4 is 5.97 Å². The molecule has 1 saturated heterocycles. The molecule has 2 fully saturated rings. The lowest BCUT2D eigenvalue weighted by molar-refractivity contribution is -0.131. The molecule has 2 rings (SSSR count). The van der Waals surface area contributed by atoms with E-state index in [0.717, 1.165) is 25.0 Å². The minimum Gasteiger partial charge on any atom is -0.478 e.